The van der Waals surface area contributed by atoms with Gasteiger partial charge in [-0.15, -0.1) is 0 Å². The number of carbonyl (C=O) groups is 1. The number of hydrogen-bond acceptors (Lipinski definition) is 4. The fourth-order valence-corrected chi connectivity index (χ4v) is 4.03. The van der Waals surface area contributed by atoms with Gasteiger partial charge in [-0.1, -0.05) is 48.5 Å². The molecule has 0 saturated heterocycles. The fourth-order valence-electron chi connectivity index (χ4n) is 4.03. The van der Waals surface area contributed by atoms with Crippen LogP contribution in [0.3, 0.4) is 0 Å². The summed E-state index contributed by atoms with van der Waals surface area (Å²) in [5.41, 5.74) is 4.05. The van der Waals surface area contributed by atoms with E-state index in [1.165, 1.54) is 0 Å². The van der Waals surface area contributed by atoms with Crippen molar-refractivity contribution in [3.05, 3.63) is 105 Å². The number of aromatic amines is 1. The molecule has 0 aliphatic carbocycles. The molecule has 0 unspecified atom stereocenters. The highest BCUT2D eigenvalue weighted by Crippen LogP contribution is 2.33. The van der Waals surface area contributed by atoms with Crippen LogP contribution < -0.4 is 20.3 Å². The van der Waals surface area contributed by atoms with Crippen LogP contribution in [-0.4, -0.2) is 22.7 Å². The number of nitrogens with one attached hydrogen (secondary N) is 2. The van der Waals surface area contributed by atoms with Gasteiger partial charge in [0.25, 0.3) is 5.56 Å². The van der Waals surface area contributed by atoms with Crippen LogP contribution in [0.4, 0.5) is 4.79 Å². The summed E-state index contributed by atoms with van der Waals surface area (Å²) in [4.78, 5) is 30.6. The molecule has 7 heteroatoms. The standard InChI is InChI=1S/C27H25N3O4/c1-18-7-9-21-13-22(26(31)29-23(21)11-18)16-30(27(32)28-14-19-5-3-2-4-6-19)15-20-8-10-24-25(12-20)34-17-33-24/h2-13H,14-17H2,1H3,(H,28,32)(H,29,31). The van der Waals surface area contributed by atoms with Crippen molar-refractivity contribution in [2.24, 2.45) is 0 Å². The highest BCUT2D eigenvalue weighted by molar-refractivity contribution is 5.80. The second-order valence-corrected chi connectivity index (χ2v) is 8.40. The highest BCUT2D eigenvalue weighted by atomic mass is 16.7. The molecule has 0 spiro atoms. The lowest BCUT2D eigenvalue weighted by Gasteiger charge is -2.23. The molecule has 3 aromatic carbocycles. The number of amides is 2. The molecule has 0 bridgehead atoms. The number of ether oxygens (including phenoxy) is 2. The van der Waals surface area contributed by atoms with Crippen molar-refractivity contribution in [2.45, 2.75) is 26.6 Å². The summed E-state index contributed by atoms with van der Waals surface area (Å²) in [6.07, 6.45) is 0. The molecule has 2 heterocycles. The molecule has 172 valence electrons. The number of aromatic nitrogens is 1. The monoisotopic (exact) mass is 455 g/mol. The van der Waals surface area contributed by atoms with Gasteiger partial charge in [-0.3, -0.25) is 4.79 Å². The SMILES string of the molecule is Cc1ccc2cc(CN(Cc3ccc4c(c3)OCO4)C(=O)NCc3ccccc3)c(=O)[nH]c2c1. The average Bonchev–Trinajstić information content (AvgIpc) is 3.31. The van der Waals surface area contributed by atoms with Crippen LogP contribution in [-0.2, 0) is 19.6 Å². The largest absolute Gasteiger partial charge is 0.454 e. The van der Waals surface area contributed by atoms with Crippen LogP contribution in [0.15, 0.2) is 77.6 Å². The third-order valence-electron chi connectivity index (χ3n) is 5.82. The Hall–Kier alpha value is -4.26. The Morgan fingerprint density at radius 1 is 0.941 bits per heavy atom. The molecule has 0 fully saturated rings. The van der Waals surface area contributed by atoms with Gasteiger partial charge in [0.05, 0.1) is 6.54 Å². The van der Waals surface area contributed by atoms with Gasteiger partial charge >= 0.3 is 6.03 Å². The zero-order chi connectivity index (χ0) is 23.5. The maximum Gasteiger partial charge on any atom is 0.318 e. The quantitative estimate of drug-likeness (QED) is 0.449. The van der Waals surface area contributed by atoms with Crippen LogP contribution in [0.2, 0.25) is 0 Å². The minimum atomic E-state index is -0.259. The van der Waals surface area contributed by atoms with Gasteiger partial charge in [0.1, 0.15) is 0 Å². The van der Waals surface area contributed by atoms with Gasteiger partial charge in [-0.05, 0) is 53.3 Å². The van der Waals surface area contributed by atoms with Gasteiger partial charge in [-0.25, -0.2) is 4.79 Å². The Morgan fingerprint density at radius 3 is 2.62 bits per heavy atom. The molecule has 1 aliphatic heterocycles. The lowest BCUT2D eigenvalue weighted by molar-refractivity contribution is 0.173. The summed E-state index contributed by atoms with van der Waals surface area (Å²) in [5.74, 6) is 1.34. The second-order valence-electron chi connectivity index (χ2n) is 8.40. The Kier molecular flexibility index (Phi) is 5.91. The number of fused-ring (bicyclic) bond motifs is 2. The van der Waals surface area contributed by atoms with E-state index >= 15 is 0 Å². The Bertz CT molecular complexity index is 1400. The molecule has 2 amide bonds. The van der Waals surface area contributed by atoms with Crippen LogP contribution >= 0.6 is 0 Å². The molecule has 1 aliphatic rings. The lowest BCUT2D eigenvalue weighted by atomic mass is 10.1. The summed E-state index contributed by atoms with van der Waals surface area (Å²) >= 11 is 0. The van der Waals surface area contributed by atoms with Crippen LogP contribution in [0.1, 0.15) is 22.3 Å². The first-order valence-electron chi connectivity index (χ1n) is 11.1. The van der Waals surface area contributed by atoms with Crippen molar-refractivity contribution >= 4 is 16.9 Å². The Labute approximate surface area is 196 Å². The molecular formula is C27H25N3O4. The van der Waals surface area contributed by atoms with E-state index in [2.05, 4.69) is 10.3 Å². The molecule has 0 atom stereocenters. The first kappa shape index (κ1) is 21.6. The predicted molar refractivity (Wildman–Crippen MR) is 130 cm³/mol. The van der Waals surface area contributed by atoms with E-state index < -0.39 is 0 Å². The third-order valence-corrected chi connectivity index (χ3v) is 5.82. The number of carbonyl (C=O) groups excluding carboxylic acids is 1. The van der Waals surface area contributed by atoms with Crippen molar-refractivity contribution in [1.29, 1.82) is 0 Å². The minimum Gasteiger partial charge on any atom is -0.454 e. The van der Waals surface area contributed by atoms with Crippen molar-refractivity contribution in [2.75, 3.05) is 6.79 Å². The van der Waals surface area contributed by atoms with Gasteiger partial charge in [0, 0.05) is 24.2 Å². The Balaban J connectivity index is 1.41. The molecule has 7 nitrogen and oxygen atoms in total. The van der Waals surface area contributed by atoms with E-state index in [0.29, 0.717) is 30.2 Å². The van der Waals surface area contributed by atoms with E-state index in [-0.39, 0.29) is 24.9 Å². The van der Waals surface area contributed by atoms with E-state index in [4.69, 9.17) is 9.47 Å². The summed E-state index contributed by atoms with van der Waals surface area (Å²) in [5, 5.41) is 3.90. The number of pyridine rings is 1. The number of H-pyrrole nitrogens is 1. The highest BCUT2D eigenvalue weighted by Gasteiger charge is 2.19. The fraction of sp³-hybridized carbons (Fsp3) is 0.185. The van der Waals surface area contributed by atoms with Crippen molar-refractivity contribution in [1.82, 2.24) is 15.2 Å². The molecular weight excluding hydrogens is 430 g/mol. The summed E-state index contributed by atoms with van der Waals surface area (Å²) < 4.78 is 10.9. The molecule has 0 radical (unpaired) electrons. The molecule has 1 aromatic heterocycles. The third kappa shape index (κ3) is 4.73. The average molecular weight is 456 g/mol. The minimum absolute atomic E-state index is 0.161. The second kappa shape index (κ2) is 9.31. The normalized spacial score (nSPS) is 12.0. The number of aryl methyl sites for hydroxylation is 1. The number of benzene rings is 3. The lowest BCUT2D eigenvalue weighted by Crippen LogP contribution is -2.39. The van der Waals surface area contributed by atoms with Gasteiger partial charge in [0.15, 0.2) is 11.5 Å². The predicted octanol–water partition coefficient (Wildman–Crippen LogP) is 4.48. The maximum absolute atomic E-state index is 13.2. The van der Waals surface area contributed by atoms with Gasteiger partial charge < -0.3 is 24.7 Å². The number of nitrogens with zero attached hydrogens (tertiary/aromatic N) is 1. The molecule has 2 N–H and O–H groups in total. The van der Waals surface area contributed by atoms with Crippen LogP contribution in [0.5, 0.6) is 11.5 Å². The maximum atomic E-state index is 13.2. The molecule has 4 aromatic rings. The number of hydrogen-bond donors (Lipinski definition) is 2. The van der Waals surface area contributed by atoms with Crippen molar-refractivity contribution in [3.63, 3.8) is 0 Å². The van der Waals surface area contributed by atoms with Crippen LogP contribution in [0, 0.1) is 6.92 Å². The molecule has 5 rings (SSSR count). The number of urea groups is 1. The topological polar surface area (TPSA) is 83.7 Å². The van der Waals surface area contributed by atoms with E-state index in [0.717, 1.165) is 27.6 Å². The zero-order valence-electron chi connectivity index (χ0n) is 18.8. The van der Waals surface area contributed by atoms with E-state index in [1.807, 2.05) is 79.7 Å². The van der Waals surface area contributed by atoms with Crippen LogP contribution in [0.25, 0.3) is 10.9 Å². The first-order valence-corrected chi connectivity index (χ1v) is 11.1. The summed E-state index contributed by atoms with van der Waals surface area (Å²) in [6, 6.07) is 22.8. The smallest absolute Gasteiger partial charge is 0.318 e. The molecule has 34 heavy (non-hydrogen) atoms. The summed E-state index contributed by atoms with van der Waals surface area (Å²) in [6.45, 7) is 3.03. The van der Waals surface area contributed by atoms with E-state index in [1.54, 1.807) is 4.90 Å². The molecule has 0 saturated carbocycles. The Morgan fingerprint density at radius 2 is 1.76 bits per heavy atom. The van der Waals surface area contributed by atoms with Crippen molar-refractivity contribution in [3.8, 4) is 11.5 Å². The van der Waals surface area contributed by atoms with Crippen molar-refractivity contribution < 1.29 is 14.3 Å². The van der Waals surface area contributed by atoms with E-state index in [9.17, 15) is 9.59 Å². The first-order chi connectivity index (χ1) is 16.5. The zero-order valence-corrected chi connectivity index (χ0v) is 18.8. The van der Waals surface area contributed by atoms with Gasteiger partial charge in [0.2, 0.25) is 6.79 Å². The summed E-state index contributed by atoms with van der Waals surface area (Å²) in [7, 11) is 0. The van der Waals surface area contributed by atoms with Gasteiger partial charge in [-0.2, -0.15) is 0 Å². The number of rotatable bonds is 6.